The number of halogens is 1. The van der Waals surface area contributed by atoms with Gasteiger partial charge < -0.3 is 5.32 Å². The third-order valence-corrected chi connectivity index (χ3v) is 5.74. The van der Waals surface area contributed by atoms with E-state index in [0.29, 0.717) is 17.3 Å². The normalized spacial score (nSPS) is 10.7. The Morgan fingerprint density at radius 1 is 1.26 bits per heavy atom. The summed E-state index contributed by atoms with van der Waals surface area (Å²) in [5, 5.41) is 13.2. The van der Waals surface area contributed by atoms with Crippen molar-refractivity contribution in [3.8, 4) is 0 Å². The van der Waals surface area contributed by atoms with Crippen molar-refractivity contribution in [1.82, 2.24) is 10.2 Å². The minimum atomic E-state index is -0.248. The van der Waals surface area contributed by atoms with Gasteiger partial charge in [-0.25, -0.2) is 4.39 Å². The second kappa shape index (κ2) is 7.67. The number of thiophene rings is 1. The molecule has 0 fully saturated rings. The first-order valence-electron chi connectivity index (χ1n) is 6.72. The average Bonchev–Trinajstić information content (AvgIpc) is 3.17. The first-order chi connectivity index (χ1) is 11.2. The van der Waals surface area contributed by atoms with E-state index in [9.17, 15) is 9.18 Å². The summed E-state index contributed by atoms with van der Waals surface area (Å²) in [5.41, 5.74) is 0.883. The highest BCUT2D eigenvalue weighted by Crippen LogP contribution is 2.28. The topological polar surface area (TPSA) is 54.9 Å². The number of nitrogens with one attached hydrogen (secondary N) is 1. The fourth-order valence-corrected chi connectivity index (χ4v) is 4.24. The van der Waals surface area contributed by atoms with Gasteiger partial charge >= 0.3 is 0 Å². The van der Waals surface area contributed by atoms with Gasteiger partial charge in [0.2, 0.25) is 11.0 Å². The van der Waals surface area contributed by atoms with Crippen molar-refractivity contribution in [2.45, 2.75) is 16.5 Å². The molecule has 2 heterocycles. The molecule has 118 valence electrons. The van der Waals surface area contributed by atoms with Gasteiger partial charge in [-0.2, -0.15) is 0 Å². The van der Waals surface area contributed by atoms with E-state index in [1.807, 2.05) is 23.6 Å². The van der Waals surface area contributed by atoms with E-state index in [2.05, 4.69) is 15.5 Å². The SMILES string of the molecule is O=C(Cc1cccs1)Nc1nnc(SCc2cccc(F)c2)s1. The van der Waals surface area contributed by atoms with Crippen LogP contribution in [0, 0.1) is 5.82 Å². The molecule has 0 bridgehead atoms. The van der Waals surface area contributed by atoms with Crippen molar-refractivity contribution in [3.05, 3.63) is 58.0 Å². The molecule has 0 spiro atoms. The molecule has 3 rings (SSSR count). The molecule has 0 aliphatic heterocycles. The summed E-state index contributed by atoms with van der Waals surface area (Å²) >= 11 is 4.33. The molecular formula is C15H12FN3OS3. The number of nitrogens with zero attached hydrogens (tertiary/aromatic N) is 2. The van der Waals surface area contributed by atoms with Gasteiger partial charge in [0, 0.05) is 10.6 Å². The summed E-state index contributed by atoms with van der Waals surface area (Å²) < 4.78 is 13.9. The van der Waals surface area contributed by atoms with Gasteiger partial charge in [-0.3, -0.25) is 4.79 Å². The number of aromatic nitrogens is 2. The van der Waals surface area contributed by atoms with Crippen LogP contribution >= 0.6 is 34.4 Å². The Balaban J connectivity index is 1.52. The number of anilines is 1. The number of carbonyl (C=O) groups excluding carboxylic acids is 1. The molecule has 1 aromatic carbocycles. The summed E-state index contributed by atoms with van der Waals surface area (Å²) in [4.78, 5) is 12.9. The van der Waals surface area contributed by atoms with Gasteiger partial charge in [0.15, 0.2) is 4.34 Å². The van der Waals surface area contributed by atoms with Crippen LogP contribution in [0.5, 0.6) is 0 Å². The second-order valence-electron chi connectivity index (χ2n) is 4.60. The third-order valence-electron chi connectivity index (χ3n) is 2.82. The van der Waals surface area contributed by atoms with Crippen LogP contribution in [-0.2, 0) is 17.0 Å². The molecule has 0 saturated carbocycles. The van der Waals surface area contributed by atoms with E-state index in [0.717, 1.165) is 14.8 Å². The number of hydrogen-bond acceptors (Lipinski definition) is 6. The molecule has 23 heavy (non-hydrogen) atoms. The third kappa shape index (κ3) is 4.85. The van der Waals surface area contributed by atoms with Gasteiger partial charge in [0.1, 0.15) is 5.82 Å². The maximum absolute atomic E-state index is 13.1. The van der Waals surface area contributed by atoms with Crippen LogP contribution in [0.3, 0.4) is 0 Å². The molecule has 1 N–H and O–H groups in total. The van der Waals surface area contributed by atoms with Crippen molar-refractivity contribution in [3.63, 3.8) is 0 Å². The van der Waals surface area contributed by atoms with Gasteiger partial charge in [0.25, 0.3) is 0 Å². The lowest BCUT2D eigenvalue weighted by Gasteiger charge is -1.99. The van der Waals surface area contributed by atoms with E-state index in [4.69, 9.17) is 0 Å². The zero-order valence-corrected chi connectivity index (χ0v) is 14.3. The lowest BCUT2D eigenvalue weighted by Crippen LogP contribution is -2.13. The van der Waals surface area contributed by atoms with Crippen molar-refractivity contribution in [1.29, 1.82) is 0 Å². The lowest BCUT2D eigenvalue weighted by atomic mass is 10.2. The monoisotopic (exact) mass is 365 g/mol. The van der Waals surface area contributed by atoms with Gasteiger partial charge in [-0.1, -0.05) is 41.3 Å². The fourth-order valence-electron chi connectivity index (χ4n) is 1.83. The van der Waals surface area contributed by atoms with Crippen LogP contribution in [-0.4, -0.2) is 16.1 Å². The molecule has 0 aliphatic rings. The van der Waals surface area contributed by atoms with Crippen molar-refractivity contribution >= 4 is 45.5 Å². The zero-order chi connectivity index (χ0) is 16.1. The Kier molecular flexibility index (Phi) is 5.37. The fraction of sp³-hybridized carbons (Fsp3) is 0.133. The quantitative estimate of drug-likeness (QED) is 0.525. The van der Waals surface area contributed by atoms with Crippen LogP contribution in [0.2, 0.25) is 0 Å². The average molecular weight is 365 g/mol. The molecule has 0 aliphatic carbocycles. The largest absolute Gasteiger partial charge is 0.300 e. The van der Waals surface area contributed by atoms with E-state index >= 15 is 0 Å². The smallest absolute Gasteiger partial charge is 0.231 e. The first-order valence-corrected chi connectivity index (χ1v) is 9.40. The number of amides is 1. The summed E-state index contributed by atoms with van der Waals surface area (Å²) in [6.07, 6.45) is 0.336. The van der Waals surface area contributed by atoms with E-state index in [1.54, 1.807) is 17.4 Å². The number of rotatable bonds is 6. The number of thioether (sulfide) groups is 1. The maximum atomic E-state index is 13.1. The Bertz CT molecular complexity index is 789. The van der Waals surface area contributed by atoms with E-state index in [1.165, 1.54) is 35.2 Å². The number of hydrogen-bond donors (Lipinski definition) is 1. The molecule has 0 radical (unpaired) electrons. The van der Waals surface area contributed by atoms with E-state index in [-0.39, 0.29) is 11.7 Å². The predicted molar refractivity (Wildman–Crippen MR) is 92.5 cm³/mol. The van der Waals surface area contributed by atoms with Crippen LogP contribution in [0.25, 0.3) is 0 Å². The molecule has 3 aromatic rings. The molecule has 1 amide bonds. The van der Waals surface area contributed by atoms with Gasteiger partial charge in [-0.05, 0) is 29.1 Å². The zero-order valence-electron chi connectivity index (χ0n) is 11.9. The van der Waals surface area contributed by atoms with Crippen LogP contribution < -0.4 is 5.32 Å². The molecule has 2 aromatic heterocycles. The Hall–Kier alpha value is -1.77. The molecule has 0 unspecified atom stereocenters. The second-order valence-corrected chi connectivity index (χ2v) is 7.83. The minimum Gasteiger partial charge on any atom is -0.300 e. The highest BCUT2D eigenvalue weighted by molar-refractivity contribution is 8.00. The van der Waals surface area contributed by atoms with Crippen LogP contribution in [0.1, 0.15) is 10.4 Å². The summed E-state index contributed by atoms with van der Waals surface area (Å²) in [7, 11) is 0. The Morgan fingerprint density at radius 3 is 2.96 bits per heavy atom. The van der Waals surface area contributed by atoms with Gasteiger partial charge in [-0.15, -0.1) is 21.5 Å². The summed E-state index contributed by atoms with van der Waals surface area (Å²) in [5.74, 6) is 0.252. The highest BCUT2D eigenvalue weighted by atomic mass is 32.2. The van der Waals surface area contributed by atoms with Crippen LogP contribution in [0.15, 0.2) is 46.1 Å². The van der Waals surface area contributed by atoms with Crippen LogP contribution in [0.4, 0.5) is 9.52 Å². The summed E-state index contributed by atoms with van der Waals surface area (Å²) in [6, 6.07) is 10.3. The maximum Gasteiger partial charge on any atom is 0.231 e. The Morgan fingerprint density at radius 2 is 2.17 bits per heavy atom. The van der Waals surface area contributed by atoms with Crippen molar-refractivity contribution < 1.29 is 9.18 Å². The number of carbonyl (C=O) groups is 1. The van der Waals surface area contributed by atoms with Crippen molar-refractivity contribution in [2.75, 3.05) is 5.32 Å². The van der Waals surface area contributed by atoms with Crippen molar-refractivity contribution in [2.24, 2.45) is 0 Å². The minimum absolute atomic E-state index is 0.106. The molecule has 4 nitrogen and oxygen atoms in total. The summed E-state index contributed by atoms with van der Waals surface area (Å²) in [6.45, 7) is 0. The Labute approximate surface area is 144 Å². The molecular weight excluding hydrogens is 353 g/mol. The lowest BCUT2D eigenvalue weighted by molar-refractivity contribution is -0.115. The van der Waals surface area contributed by atoms with E-state index < -0.39 is 0 Å². The first kappa shape index (κ1) is 16.1. The predicted octanol–water partition coefficient (Wildman–Crippen LogP) is 4.21. The molecule has 8 heteroatoms. The molecule has 0 saturated heterocycles. The molecule has 0 atom stereocenters. The van der Waals surface area contributed by atoms with Gasteiger partial charge in [0.05, 0.1) is 6.42 Å². The standard InChI is InChI=1S/C15H12FN3OS3/c16-11-4-1-3-10(7-11)9-22-15-19-18-14(23-15)17-13(20)8-12-5-2-6-21-12/h1-7H,8-9H2,(H,17,18,20). The highest BCUT2D eigenvalue weighted by Gasteiger charge is 2.10. The number of benzene rings is 1.